The van der Waals surface area contributed by atoms with Crippen LogP contribution in [0.1, 0.15) is 76.7 Å². The minimum atomic E-state index is 0.286. The molecule has 2 saturated carbocycles. The van der Waals surface area contributed by atoms with Gasteiger partial charge in [-0.05, 0) is 69.5 Å². The fourth-order valence-corrected chi connectivity index (χ4v) is 5.45. The van der Waals surface area contributed by atoms with E-state index in [0.29, 0.717) is 24.5 Å². The number of carbonyl (C=O) groups excluding carboxylic acids is 1. The summed E-state index contributed by atoms with van der Waals surface area (Å²) in [6.45, 7) is 0. The second-order valence-electron chi connectivity index (χ2n) is 8.58. The van der Waals surface area contributed by atoms with E-state index >= 15 is 0 Å². The Labute approximate surface area is 173 Å². The number of tetrazole rings is 1. The molecular weight excluding hydrogens is 372 g/mol. The molecule has 8 heteroatoms. The van der Waals surface area contributed by atoms with Crippen LogP contribution in [0, 0.1) is 0 Å². The summed E-state index contributed by atoms with van der Waals surface area (Å²) >= 11 is 1.69. The molecule has 1 aromatic rings. The highest BCUT2D eigenvalue weighted by Gasteiger charge is 2.26. The lowest BCUT2D eigenvalue weighted by atomic mass is 9.91. The molecule has 0 spiro atoms. The van der Waals surface area contributed by atoms with Gasteiger partial charge in [0.2, 0.25) is 11.1 Å². The van der Waals surface area contributed by atoms with Crippen molar-refractivity contribution >= 4 is 17.7 Å². The first-order valence-electron chi connectivity index (χ1n) is 10.9. The van der Waals surface area contributed by atoms with Crippen molar-refractivity contribution in [3.63, 3.8) is 0 Å². The molecule has 0 radical (unpaired) electrons. The minimum Gasteiger partial charge on any atom is -0.343 e. The fourth-order valence-electron chi connectivity index (χ4n) is 4.56. The number of thioether (sulfide) groups is 1. The summed E-state index contributed by atoms with van der Waals surface area (Å²) in [6.07, 6.45) is 12.3. The zero-order chi connectivity index (χ0) is 19.9. The first-order chi connectivity index (χ1) is 13.6. The Kier molecular flexibility index (Phi) is 8.14. The lowest BCUT2D eigenvalue weighted by molar-refractivity contribution is -0.132. The van der Waals surface area contributed by atoms with Crippen molar-refractivity contribution in [1.82, 2.24) is 30.0 Å². The number of amides is 1. The van der Waals surface area contributed by atoms with Crippen molar-refractivity contribution in [3.8, 4) is 0 Å². The van der Waals surface area contributed by atoms with Crippen LogP contribution in [0.15, 0.2) is 5.16 Å². The molecule has 7 nitrogen and oxygen atoms in total. The summed E-state index contributed by atoms with van der Waals surface area (Å²) in [5.41, 5.74) is 0. The van der Waals surface area contributed by atoms with Gasteiger partial charge in [0, 0.05) is 31.3 Å². The van der Waals surface area contributed by atoms with Crippen molar-refractivity contribution in [3.05, 3.63) is 0 Å². The fraction of sp³-hybridized carbons (Fsp3) is 0.900. The predicted molar refractivity (Wildman–Crippen MR) is 112 cm³/mol. The van der Waals surface area contributed by atoms with Gasteiger partial charge in [-0.1, -0.05) is 31.0 Å². The number of carbonyl (C=O) groups is 1. The highest BCUT2D eigenvalue weighted by atomic mass is 32.2. The van der Waals surface area contributed by atoms with Gasteiger partial charge in [-0.15, -0.1) is 5.10 Å². The van der Waals surface area contributed by atoms with E-state index in [1.54, 1.807) is 11.8 Å². The summed E-state index contributed by atoms with van der Waals surface area (Å²) in [7, 11) is 6.31. The average molecular weight is 409 g/mol. The largest absolute Gasteiger partial charge is 0.343 e. The summed E-state index contributed by atoms with van der Waals surface area (Å²) in [4.78, 5) is 16.8. The van der Waals surface area contributed by atoms with Crippen molar-refractivity contribution in [2.24, 2.45) is 0 Å². The molecule has 3 rings (SSSR count). The van der Waals surface area contributed by atoms with E-state index in [1.807, 2.05) is 16.6 Å². The molecule has 0 bridgehead atoms. The molecule has 0 N–H and O–H groups in total. The highest BCUT2D eigenvalue weighted by molar-refractivity contribution is 7.99. The number of hydrogen-bond donors (Lipinski definition) is 0. The van der Waals surface area contributed by atoms with Crippen LogP contribution >= 0.6 is 11.8 Å². The van der Waals surface area contributed by atoms with Crippen LogP contribution in [0.3, 0.4) is 0 Å². The summed E-state index contributed by atoms with van der Waals surface area (Å²) in [5.74, 6) is 1.17. The maximum atomic E-state index is 12.5. The Morgan fingerprint density at radius 2 is 1.75 bits per heavy atom. The third kappa shape index (κ3) is 5.69. The second-order valence-corrected chi connectivity index (χ2v) is 9.64. The molecule has 0 aromatic carbocycles. The van der Waals surface area contributed by atoms with E-state index in [-0.39, 0.29) is 5.91 Å². The van der Waals surface area contributed by atoms with Gasteiger partial charge in [0.25, 0.3) is 0 Å². The molecule has 2 fully saturated rings. The van der Waals surface area contributed by atoms with Gasteiger partial charge in [0.15, 0.2) is 0 Å². The molecule has 1 aromatic heterocycles. The van der Waals surface area contributed by atoms with Gasteiger partial charge in [-0.3, -0.25) is 4.79 Å². The maximum Gasteiger partial charge on any atom is 0.222 e. The molecule has 1 amide bonds. The third-order valence-corrected chi connectivity index (χ3v) is 7.51. The monoisotopic (exact) mass is 408 g/mol. The molecule has 28 heavy (non-hydrogen) atoms. The van der Waals surface area contributed by atoms with Crippen LogP contribution in [0.5, 0.6) is 0 Å². The quantitative estimate of drug-likeness (QED) is 0.485. The maximum absolute atomic E-state index is 12.5. The molecule has 0 saturated heterocycles. The zero-order valence-corrected chi connectivity index (χ0v) is 18.5. The molecule has 0 aliphatic heterocycles. The topological polar surface area (TPSA) is 67.2 Å². The van der Waals surface area contributed by atoms with E-state index < -0.39 is 0 Å². The lowest BCUT2D eigenvalue weighted by Crippen LogP contribution is -2.38. The van der Waals surface area contributed by atoms with Crippen LogP contribution < -0.4 is 0 Å². The van der Waals surface area contributed by atoms with Gasteiger partial charge in [-0.2, -0.15) is 0 Å². The molecule has 0 atom stereocenters. The second kappa shape index (κ2) is 10.6. The molecule has 2 aliphatic carbocycles. The first-order valence-corrected chi connectivity index (χ1v) is 11.9. The van der Waals surface area contributed by atoms with Crippen molar-refractivity contribution in [2.75, 3.05) is 26.9 Å². The van der Waals surface area contributed by atoms with Gasteiger partial charge in [0.05, 0.1) is 6.04 Å². The van der Waals surface area contributed by atoms with Gasteiger partial charge < -0.3 is 9.80 Å². The van der Waals surface area contributed by atoms with Crippen LogP contribution in [0.25, 0.3) is 0 Å². The van der Waals surface area contributed by atoms with Crippen molar-refractivity contribution in [1.29, 1.82) is 0 Å². The lowest BCUT2D eigenvalue weighted by Gasteiger charge is -2.32. The van der Waals surface area contributed by atoms with E-state index in [9.17, 15) is 4.79 Å². The third-order valence-electron chi connectivity index (χ3n) is 6.49. The predicted octanol–water partition coefficient (Wildman–Crippen LogP) is 3.38. The summed E-state index contributed by atoms with van der Waals surface area (Å²) in [6, 6.07) is 1.54. The van der Waals surface area contributed by atoms with Gasteiger partial charge in [-0.25, -0.2) is 4.68 Å². The number of nitrogens with zero attached hydrogens (tertiary/aromatic N) is 6. The Morgan fingerprint density at radius 1 is 1.04 bits per heavy atom. The van der Waals surface area contributed by atoms with Crippen LogP contribution in [-0.2, 0) is 4.79 Å². The highest BCUT2D eigenvalue weighted by Crippen LogP contribution is 2.32. The normalized spacial score (nSPS) is 23.9. The summed E-state index contributed by atoms with van der Waals surface area (Å²) < 4.78 is 2.02. The first kappa shape index (κ1) is 21.6. The molecule has 2 aliphatic rings. The summed E-state index contributed by atoms with van der Waals surface area (Å²) in [5, 5.41) is 13.3. The van der Waals surface area contributed by atoms with E-state index in [1.165, 1.54) is 44.9 Å². The zero-order valence-electron chi connectivity index (χ0n) is 17.7. The van der Waals surface area contributed by atoms with Crippen LogP contribution in [-0.4, -0.2) is 74.9 Å². The molecular formula is C20H36N6OS. The van der Waals surface area contributed by atoms with E-state index in [2.05, 4.69) is 34.5 Å². The standard InChI is InChI=1S/C20H36N6OS/c1-24(2)16-11-13-18(14-12-16)26-20(21-22-23-26)28-15-7-10-19(27)25(3)17-8-5-4-6-9-17/h16-18H,4-15H2,1-3H3. The van der Waals surface area contributed by atoms with Crippen molar-refractivity contribution < 1.29 is 4.79 Å². The van der Waals surface area contributed by atoms with E-state index in [4.69, 9.17) is 0 Å². The smallest absolute Gasteiger partial charge is 0.222 e. The SMILES string of the molecule is CN(C)C1CCC(n2nnnc2SCCCC(=O)N(C)C2CCCCC2)CC1. The van der Waals surface area contributed by atoms with Crippen molar-refractivity contribution in [2.45, 2.75) is 93.9 Å². The Balaban J connectivity index is 1.40. The molecule has 1 heterocycles. The van der Waals surface area contributed by atoms with Crippen LogP contribution in [0.4, 0.5) is 0 Å². The Morgan fingerprint density at radius 3 is 2.43 bits per heavy atom. The molecule has 0 unspecified atom stereocenters. The Bertz CT molecular complexity index is 608. The number of aromatic nitrogens is 4. The number of hydrogen-bond acceptors (Lipinski definition) is 6. The minimum absolute atomic E-state index is 0.286. The average Bonchev–Trinajstić information content (AvgIpc) is 3.19. The van der Waals surface area contributed by atoms with Crippen LogP contribution in [0.2, 0.25) is 0 Å². The van der Waals surface area contributed by atoms with E-state index in [0.717, 1.165) is 30.2 Å². The van der Waals surface area contributed by atoms with Gasteiger partial charge >= 0.3 is 0 Å². The number of rotatable bonds is 8. The Hall–Kier alpha value is -1.15. The van der Waals surface area contributed by atoms with Gasteiger partial charge in [0.1, 0.15) is 0 Å². The molecule has 158 valence electrons.